The number of amidine groups is 2. The average molecular weight is 831 g/mol. The van der Waals surface area contributed by atoms with E-state index in [1.54, 1.807) is 0 Å². The van der Waals surface area contributed by atoms with Crippen molar-refractivity contribution in [2.45, 2.75) is 58.5 Å². The Bertz CT molecular complexity index is 3400. The van der Waals surface area contributed by atoms with Crippen LogP contribution in [0.2, 0.25) is 0 Å². The molecule has 0 bridgehead atoms. The number of aliphatic imine (C=N–C) groups is 2. The molecule has 0 unspecified atom stereocenters. The largest absolute Gasteiger partial charge is 0.456 e. The normalized spacial score (nSPS) is 13.7. The van der Waals surface area contributed by atoms with Crippen LogP contribution in [0.3, 0.4) is 0 Å². The van der Waals surface area contributed by atoms with E-state index in [1.165, 1.54) is 38.6 Å². The van der Waals surface area contributed by atoms with E-state index in [1.807, 2.05) is 36.4 Å². The Balaban J connectivity index is 1.02. The van der Waals surface area contributed by atoms with Crippen LogP contribution in [0.4, 0.5) is 0 Å². The zero-order valence-electron chi connectivity index (χ0n) is 37.1. The Kier molecular flexibility index (Phi) is 9.28. The highest BCUT2D eigenvalue weighted by atomic mass is 16.3. The summed E-state index contributed by atoms with van der Waals surface area (Å²) >= 11 is 0. The number of aromatic nitrogens is 1. The summed E-state index contributed by atoms with van der Waals surface area (Å²) < 4.78 is 9.03. The fourth-order valence-corrected chi connectivity index (χ4v) is 9.24. The van der Waals surface area contributed by atoms with Crippen LogP contribution in [0, 0.1) is 0 Å². The summed E-state index contributed by atoms with van der Waals surface area (Å²) in [6.07, 6.45) is -0.428. The van der Waals surface area contributed by atoms with Gasteiger partial charge in [-0.25, -0.2) is 9.98 Å². The number of furan rings is 1. The molecule has 0 atom stereocenters. The monoisotopic (exact) mass is 830 g/mol. The molecule has 0 saturated heterocycles. The van der Waals surface area contributed by atoms with Gasteiger partial charge in [0.15, 0.2) is 6.17 Å². The van der Waals surface area contributed by atoms with Crippen molar-refractivity contribution in [1.29, 1.82) is 0 Å². The van der Waals surface area contributed by atoms with Crippen LogP contribution < -0.4 is 5.32 Å². The van der Waals surface area contributed by atoms with Gasteiger partial charge in [0.25, 0.3) is 0 Å². The van der Waals surface area contributed by atoms with E-state index in [0.29, 0.717) is 0 Å². The molecule has 1 N–H and O–H groups in total. The molecule has 5 nitrogen and oxygen atoms in total. The number of nitrogens with zero attached hydrogens (tertiary/aromatic N) is 3. The second kappa shape index (κ2) is 15.1. The molecule has 0 radical (unpaired) electrons. The molecule has 0 fully saturated rings. The molecule has 0 saturated carbocycles. The molecule has 1 aliphatic heterocycles. The van der Waals surface area contributed by atoms with Gasteiger partial charge in [-0.1, -0.05) is 169 Å². The minimum absolute atomic E-state index is 0.00982. The molecule has 0 amide bonds. The first-order valence-corrected chi connectivity index (χ1v) is 22.3. The zero-order chi connectivity index (χ0) is 43.7. The third kappa shape index (κ3) is 6.98. The molecule has 10 aromatic rings. The number of para-hydroxylation sites is 1. The smallest absolute Gasteiger partial charge is 0.169 e. The standard InChI is InChI=1S/C59H50N4O/c1-58(2,3)43-34-44(59(4,5)6)36-45(35-43)63-50-25-14-13-23-47(50)48-32-39(27-29-51(48)63)40-28-30-52-49(33-40)54-46(24-16-26-53(54)64-52)41-21-15-22-42(31-41)57-61-55(37-17-9-7-10-18-37)60-56(62-57)38-19-11-8-12-20-38/h7-36,57H,1-6H3,(H,60,61,62). The minimum Gasteiger partial charge on any atom is -0.456 e. The topological polar surface area (TPSA) is 54.8 Å². The summed E-state index contributed by atoms with van der Waals surface area (Å²) in [6.45, 7) is 13.8. The van der Waals surface area contributed by atoms with Crippen molar-refractivity contribution in [2.75, 3.05) is 0 Å². The van der Waals surface area contributed by atoms with Crippen molar-refractivity contribution in [3.8, 4) is 27.9 Å². The van der Waals surface area contributed by atoms with Gasteiger partial charge in [-0.15, -0.1) is 0 Å². The number of hydrogen-bond acceptors (Lipinski definition) is 4. The Labute approximate surface area is 374 Å². The summed E-state index contributed by atoms with van der Waals surface area (Å²) in [4.78, 5) is 10.3. The maximum atomic E-state index is 6.57. The van der Waals surface area contributed by atoms with Crippen LogP contribution in [-0.2, 0) is 10.8 Å². The van der Waals surface area contributed by atoms with Crippen molar-refractivity contribution in [3.63, 3.8) is 0 Å². The minimum atomic E-state index is -0.428. The second-order valence-electron chi connectivity index (χ2n) is 19.2. The van der Waals surface area contributed by atoms with E-state index >= 15 is 0 Å². The summed E-state index contributed by atoms with van der Waals surface area (Å²) in [5.74, 6) is 1.60. The molecule has 312 valence electrons. The van der Waals surface area contributed by atoms with Crippen LogP contribution in [0.25, 0.3) is 71.7 Å². The van der Waals surface area contributed by atoms with Crippen molar-refractivity contribution in [1.82, 2.24) is 9.88 Å². The zero-order valence-corrected chi connectivity index (χ0v) is 37.1. The van der Waals surface area contributed by atoms with Gasteiger partial charge in [-0.05, 0) is 104 Å². The van der Waals surface area contributed by atoms with Gasteiger partial charge in [-0.3, -0.25) is 0 Å². The first kappa shape index (κ1) is 39.4. The highest BCUT2D eigenvalue weighted by molar-refractivity contribution is 6.16. The molecule has 3 heterocycles. The van der Waals surface area contributed by atoms with Crippen LogP contribution in [0.15, 0.2) is 196 Å². The lowest BCUT2D eigenvalue weighted by atomic mass is 9.80. The third-order valence-corrected chi connectivity index (χ3v) is 12.7. The summed E-state index contributed by atoms with van der Waals surface area (Å²) in [5, 5.41) is 8.17. The van der Waals surface area contributed by atoms with Crippen molar-refractivity contribution < 1.29 is 4.42 Å². The number of hydrogen-bond donors (Lipinski definition) is 1. The Hall–Kier alpha value is -7.50. The van der Waals surface area contributed by atoms with E-state index in [-0.39, 0.29) is 10.8 Å². The van der Waals surface area contributed by atoms with E-state index < -0.39 is 6.17 Å². The lowest BCUT2D eigenvalue weighted by Gasteiger charge is -2.26. The Morgan fingerprint density at radius 2 is 1.03 bits per heavy atom. The maximum absolute atomic E-state index is 6.57. The molecule has 0 spiro atoms. The molecule has 1 aliphatic rings. The van der Waals surface area contributed by atoms with Gasteiger partial charge in [0.2, 0.25) is 0 Å². The summed E-state index contributed by atoms with van der Waals surface area (Å²) in [7, 11) is 0. The third-order valence-electron chi connectivity index (χ3n) is 12.7. The molecule has 11 rings (SSSR count). The number of nitrogens with one attached hydrogen (secondary N) is 1. The number of benzene rings is 8. The van der Waals surface area contributed by atoms with E-state index in [0.717, 1.165) is 72.6 Å². The van der Waals surface area contributed by atoms with Crippen molar-refractivity contribution in [3.05, 3.63) is 210 Å². The molecule has 5 heteroatoms. The van der Waals surface area contributed by atoms with Crippen LogP contribution in [-0.4, -0.2) is 16.2 Å². The fraction of sp³-hybridized carbons (Fsp3) is 0.153. The van der Waals surface area contributed by atoms with Gasteiger partial charge in [0, 0.05) is 38.4 Å². The molecule has 0 aliphatic carbocycles. The highest BCUT2D eigenvalue weighted by Crippen LogP contribution is 2.42. The quantitative estimate of drug-likeness (QED) is 0.181. The molecule has 8 aromatic carbocycles. The fourth-order valence-electron chi connectivity index (χ4n) is 9.24. The predicted molar refractivity (Wildman–Crippen MR) is 268 cm³/mol. The van der Waals surface area contributed by atoms with Gasteiger partial charge >= 0.3 is 0 Å². The summed E-state index contributed by atoms with van der Waals surface area (Å²) in [5.41, 5.74) is 15.6. The van der Waals surface area contributed by atoms with Gasteiger partial charge in [0.05, 0.1) is 11.0 Å². The number of fused-ring (bicyclic) bond motifs is 6. The van der Waals surface area contributed by atoms with Gasteiger partial charge in [0.1, 0.15) is 22.8 Å². The molecular weight excluding hydrogens is 781 g/mol. The lowest BCUT2D eigenvalue weighted by molar-refractivity contribution is 0.568. The summed E-state index contributed by atoms with van der Waals surface area (Å²) in [6, 6.07) is 65.1. The first-order valence-electron chi connectivity index (χ1n) is 22.3. The highest BCUT2D eigenvalue weighted by Gasteiger charge is 2.24. The van der Waals surface area contributed by atoms with Crippen LogP contribution >= 0.6 is 0 Å². The second-order valence-corrected chi connectivity index (χ2v) is 19.2. The van der Waals surface area contributed by atoms with E-state index in [2.05, 4.69) is 197 Å². The first-order chi connectivity index (χ1) is 31.0. The average Bonchev–Trinajstić information content (AvgIpc) is 3.86. The lowest BCUT2D eigenvalue weighted by Crippen LogP contribution is -2.35. The van der Waals surface area contributed by atoms with E-state index in [4.69, 9.17) is 14.4 Å². The van der Waals surface area contributed by atoms with Gasteiger partial charge in [-0.2, -0.15) is 0 Å². The Morgan fingerprint density at radius 3 is 1.70 bits per heavy atom. The predicted octanol–water partition coefficient (Wildman–Crippen LogP) is 15.1. The SMILES string of the molecule is CC(C)(C)c1cc(-n2c3ccccc3c3cc(-c4ccc5oc6cccc(-c7cccc(C8N=C(c9ccccc9)NC(c9ccccc9)=N8)c7)c6c5c4)ccc32)cc(C(C)(C)C)c1. The molecule has 2 aromatic heterocycles. The van der Waals surface area contributed by atoms with Crippen molar-refractivity contribution in [2.24, 2.45) is 9.98 Å². The van der Waals surface area contributed by atoms with Gasteiger partial charge < -0.3 is 14.3 Å². The molecular formula is C59H50N4O. The molecule has 64 heavy (non-hydrogen) atoms. The Morgan fingerprint density at radius 1 is 0.453 bits per heavy atom. The maximum Gasteiger partial charge on any atom is 0.169 e. The van der Waals surface area contributed by atoms with Crippen LogP contribution in [0.1, 0.15) is 75.5 Å². The van der Waals surface area contributed by atoms with E-state index in [9.17, 15) is 0 Å². The van der Waals surface area contributed by atoms with Crippen molar-refractivity contribution >= 4 is 55.4 Å². The van der Waals surface area contributed by atoms with Crippen LogP contribution in [0.5, 0.6) is 0 Å². The number of rotatable bonds is 6.